The van der Waals surface area contributed by atoms with Gasteiger partial charge in [-0.2, -0.15) is 0 Å². The molecule has 0 radical (unpaired) electrons. The summed E-state index contributed by atoms with van der Waals surface area (Å²) in [7, 11) is 0. The van der Waals surface area contributed by atoms with E-state index in [-0.39, 0.29) is 29.8 Å². The van der Waals surface area contributed by atoms with Crippen LogP contribution >= 0.6 is 0 Å². The van der Waals surface area contributed by atoms with Crippen molar-refractivity contribution < 1.29 is 29.3 Å². The Balaban J connectivity index is 2.33. The molecule has 1 saturated heterocycles. The molecule has 0 aromatic rings. The number of hydrogen-bond acceptors (Lipinski definition) is 6. The van der Waals surface area contributed by atoms with Gasteiger partial charge in [0.2, 0.25) is 0 Å². The third kappa shape index (κ3) is 4.65. The van der Waals surface area contributed by atoms with Crippen LogP contribution in [-0.2, 0) is 19.1 Å². The zero-order valence-corrected chi connectivity index (χ0v) is 16.3. The molecule has 2 rings (SSSR count). The summed E-state index contributed by atoms with van der Waals surface area (Å²) in [6.07, 6.45) is 0.886. The molecule has 2 N–H and O–H groups in total. The lowest BCUT2D eigenvalue weighted by molar-refractivity contribution is -0.167. The van der Waals surface area contributed by atoms with Gasteiger partial charge in [-0.3, -0.25) is 4.79 Å². The second kappa shape index (κ2) is 8.53. The molecule has 0 spiro atoms. The third-order valence-corrected chi connectivity index (χ3v) is 5.80. The first-order valence-corrected chi connectivity index (χ1v) is 9.58. The van der Waals surface area contributed by atoms with Crippen molar-refractivity contribution in [2.24, 2.45) is 23.7 Å². The Morgan fingerprint density at radius 2 is 1.96 bits per heavy atom. The van der Waals surface area contributed by atoms with Crippen LogP contribution in [0.1, 0.15) is 53.9 Å². The van der Waals surface area contributed by atoms with E-state index >= 15 is 0 Å². The van der Waals surface area contributed by atoms with E-state index < -0.39 is 30.2 Å². The third-order valence-electron chi connectivity index (χ3n) is 5.80. The SMILES string of the molecule is CC(C)[C@@H]1[C@@H]2CC(=CC[C@@H](O)[C@H](C)C[C@@H]1OC(=O)[C@H](C)[C@@H](C)O)C(=O)O2. The monoisotopic (exact) mass is 368 g/mol. The molecule has 0 aromatic heterocycles. The molecule has 1 heterocycles. The number of aliphatic hydroxyl groups is 2. The predicted octanol–water partition coefficient (Wildman–Crippen LogP) is 2.22. The number of hydrogen-bond donors (Lipinski definition) is 2. The lowest BCUT2D eigenvalue weighted by Gasteiger charge is -2.36. The van der Waals surface area contributed by atoms with Crippen LogP contribution in [0.5, 0.6) is 0 Å². The first-order valence-electron chi connectivity index (χ1n) is 9.58. The van der Waals surface area contributed by atoms with Crippen molar-refractivity contribution in [3.05, 3.63) is 11.6 Å². The summed E-state index contributed by atoms with van der Waals surface area (Å²) in [5.74, 6) is -1.59. The number of fused-ring (bicyclic) bond motifs is 2. The zero-order valence-electron chi connectivity index (χ0n) is 16.3. The minimum absolute atomic E-state index is 0.0969. The van der Waals surface area contributed by atoms with Gasteiger partial charge in [-0.1, -0.05) is 26.8 Å². The Labute approximate surface area is 155 Å². The molecule has 1 fully saturated rings. The van der Waals surface area contributed by atoms with Gasteiger partial charge >= 0.3 is 11.9 Å². The van der Waals surface area contributed by atoms with Gasteiger partial charge < -0.3 is 19.7 Å². The van der Waals surface area contributed by atoms with Crippen molar-refractivity contribution in [1.29, 1.82) is 0 Å². The first kappa shape index (κ1) is 20.9. The molecule has 2 bridgehead atoms. The molecule has 0 saturated carbocycles. The van der Waals surface area contributed by atoms with E-state index in [9.17, 15) is 19.8 Å². The first-order chi connectivity index (χ1) is 12.1. The van der Waals surface area contributed by atoms with Gasteiger partial charge in [0.15, 0.2) is 0 Å². The summed E-state index contributed by atoms with van der Waals surface area (Å²) in [5.41, 5.74) is 0.594. The summed E-state index contributed by atoms with van der Waals surface area (Å²) in [6, 6.07) is 0. The van der Waals surface area contributed by atoms with Gasteiger partial charge in [0, 0.05) is 17.9 Å². The summed E-state index contributed by atoms with van der Waals surface area (Å²) in [5, 5.41) is 20.1. The Kier molecular flexibility index (Phi) is 6.86. The molecule has 1 aliphatic carbocycles. The van der Waals surface area contributed by atoms with Crippen molar-refractivity contribution in [3.8, 4) is 0 Å². The minimum Gasteiger partial charge on any atom is -0.462 e. The van der Waals surface area contributed by atoms with E-state index in [4.69, 9.17) is 9.47 Å². The molecular weight excluding hydrogens is 336 g/mol. The fourth-order valence-corrected chi connectivity index (χ4v) is 3.79. The number of esters is 2. The maximum absolute atomic E-state index is 12.5. The highest BCUT2D eigenvalue weighted by atomic mass is 16.6. The summed E-state index contributed by atoms with van der Waals surface area (Å²) < 4.78 is 11.4. The number of rotatable bonds is 4. The van der Waals surface area contributed by atoms with Gasteiger partial charge in [-0.15, -0.1) is 0 Å². The molecular formula is C20H32O6. The van der Waals surface area contributed by atoms with E-state index in [0.717, 1.165) is 0 Å². The summed E-state index contributed by atoms with van der Waals surface area (Å²) >= 11 is 0. The molecule has 0 aromatic carbocycles. The van der Waals surface area contributed by atoms with E-state index in [1.165, 1.54) is 0 Å². The molecule has 148 valence electrons. The minimum atomic E-state index is -0.804. The average molecular weight is 368 g/mol. The van der Waals surface area contributed by atoms with E-state index in [0.29, 0.717) is 24.8 Å². The van der Waals surface area contributed by atoms with Crippen LogP contribution in [0.2, 0.25) is 0 Å². The van der Waals surface area contributed by atoms with E-state index in [1.54, 1.807) is 19.9 Å². The largest absolute Gasteiger partial charge is 0.462 e. The maximum atomic E-state index is 12.5. The van der Waals surface area contributed by atoms with Gasteiger partial charge in [0.1, 0.15) is 12.2 Å². The standard InChI is InChI=1S/C20H32O6/c1-10(2)18-16(25-19(23)12(4)13(5)21)8-11(3)15(22)7-6-14-9-17(18)26-20(14)24/h6,10-13,15-18,21-22H,7-9H2,1-5H3/t11-,12-,13-,15-,16+,17+,18+/m1/s1. The van der Waals surface area contributed by atoms with Gasteiger partial charge in [0.05, 0.1) is 18.1 Å². The number of ether oxygens (including phenoxy) is 2. The second-order valence-electron chi connectivity index (χ2n) is 8.22. The predicted molar refractivity (Wildman–Crippen MR) is 96.0 cm³/mol. The Hall–Kier alpha value is -1.40. The molecule has 7 atom stereocenters. The van der Waals surface area contributed by atoms with E-state index in [1.807, 2.05) is 20.8 Å². The topological polar surface area (TPSA) is 93.1 Å². The highest BCUT2D eigenvalue weighted by Crippen LogP contribution is 2.37. The lowest BCUT2D eigenvalue weighted by Crippen LogP contribution is -2.42. The van der Waals surface area contributed by atoms with Crippen LogP contribution in [0, 0.1) is 23.7 Å². The molecule has 2 aliphatic rings. The van der Waals surface area contributed by atoms with Gasteiger partial charge in [-0.25, -0.2) is 4.79 Å². The smallest absolute Gasteiger partial charge is 0.334 e. The number of carbonyl (C=O) groups excluding carboxylic acids is 2. The van der Waals surface area contributed by atoms with Crippen LogP contribution < -0.4 is 0 Å². The van der Waals surface area contributed by atoms with Crippen molar-refractivity contribution in [2.45, 2.75) is 78.3 Å². The van der Waals surface area contributed by atoms with Crippen LogP contribution in [0.25, 0.3) is 0 Å². The zero-order chi connectivity index (χ0) is 19.6. The van der Waals surface area contributed by atoms with Crippen LogP contribution in [0.4, 0.5) is 0 Å². The van der Waals surface area contributed by atoms with Gasteiger partial charge in [0.25, 0.3) is 0 Å². The van der Waals surface area contributed by atoms with Crippen LogP contribution in [-0.4, -0.2) is 46.6 Å². The Bertz CT molecular complexity index is 553. The highest BCUT2D eigenvalue weighted by Gasteiger charge is 2.43. The normalized spacial score (nSPS) is 34.7. The molecule has 0 amide bonds. The summed E-state index contributed by atoms with van der Waals surface area (Å²) in [6.45, 7) is 9.15. The second-order valence-corrected chi connectivity index (χ2v) is 8.22. The lowest BCUT2D eigenvalue weighted by atomic mass is 9.78. The summed E-state index contributed by atoms with van der Waals surface area (Å²) in [4.78, 5) is 24.6. The van der Waals surface area contributed by atoms with Crippen LogP contribution in [0.15, 0.2) is 11.6 Å². The van der Waals surface area contributed by atoms with Crippen molar-refractivity contribution >= 4 is 11.9 Å². The number of carbonyl (C=O) groups is 2. The quantitative estimate of drug-likeness (QED) is 0.739. The Morgan fingerprint density at radius 1 is 1.31 bits per heavy atom. The van der Waals surface area contributed by atoms with Crippen LogP contribution in [0.3, 0.4) is 0 Å². The number of aliphatic hydroxyl groups excluding tert-OH is 2. The van der Waals surface area contributed by atoms with Crippen molar-refractivity contribution in [1.82, 2.24) is 0 Å². The van der Waals surface area contributed by atoms with Crippen molar-refractivity contribution in [3.63, 3.8) is 0 Å². The fraction of sp³-hybridized carbons (Fsp3) is 0.800. The average Bonchev–Trinajstić information content (AvgIpc) is 2.90. The maximum Gasteiger partial charge on any atom is 0.334 e. The van der Waals surface area contributed by atoms with E-state index in [2.05, 4.69) is 0 Å². The van der Waals surface area contributed by atoms with Gasteiger partial charge in [-0.05, 0) is 38.5 Å². The highest BCUT2D eigenvalue weighted by molar-refractivity contribution is 5.90. The molecule has 1 aliphatic heterocycles. The van der Waals surface area contributed by atoms with Crippen molar-refractivity contribution in [2.75, 3.05) is 0 Å². The Morgan fingerprint density at radius 3 is 2.54 bits per heavy atom. The fourth-order valence-electron chi connectivity index (χ4n) is 3.79. The molecule has 6 nitrogen and oxygen atoms in total. The molecule has 26 heavy (non-hydrogen) atoms. The molecule has 6 heteroatoms. The molecule has 0 unspecified atom stereocenters.